The smallest absolute Gasteiger partial charge is 0.253 e. The van der Waals surface area contributed by atoms with Crippen LogP contribution in [0.2, 0.25) is 0 Å². The van der Waals surface area contributed by atoms with Gasteiger partial charge in [-0.05, 0) is 61.6 Å². The minimum Gasteiger partial charge on any atom is -0.487 e. The topological polar surface area (TPSA) is 87.2 Å². The molecule has 0 aromatic heterocycles. The lowest BCUT2D eigenvalue weighted by Gasteiger charge is -2.37. The number of likely N-dealkylation sites (N-methyl/N-ethyl adjacent to an activating group) is 1. The van der Waals surface area contributed by atoms with Gasteiger partial charge >= 0.3 is 0 Å². The zero-order chi connectivity index (χ0) is 25.2. The average Bonchev–Trinajstić information content (AvgIpc) is 3.40. The van der Waals surface area contributed by atoms with Gasteiger partial charge in [-0.1, -0.05) is 37.3 Å². The molecule has 0 unspecified atom stereocenters. The normalized spacial score (nSPS) is 22.8. The fourth-order valence-electron chi connectivity index (χ4n) is 4.73. The van der Waals surface area contributed by atoms with Crippen LogP contribution in [0.1, 0.15) is 49.0 Å². The van der Waals surface area contributed by atoms with Gasteiger partial charge in [0.2, 0.25) is 10.0 Å². The largest absolute Gasteiger partial charge is 0.487 e. The molecular weight excluding hydrogens is 464 g/mol. The molecule has 4 rings (SSSR count). The second-order valence-corrected chi connectivity index (χ2v) is 11.4. The van der Waals surface area contributed by atoms with Crippen LogP contribution in [0, 0.1) is 5.92 Å². The van der Waals surface area contributed by atoms with Crippen molar-refractivity contribution in [2.75, 3.05) is 26.7 Å². The lowest BCUT2D eigenvalue weighted by atomic mass is 10.0. The van der Waals surface area contributed by atoms with Gasteiger partial charge in [0.15, 0.2) is 0 Å². The van der Waals surface area contributed by atoms with E-state index in [-0.39, 0.29) is 29.9 Å². The Morgan fingerprint density at radius 1 is 1.23 bits per heavy atom. The van der Waals surface area contributed by atoms with E-state index in [1.807, 2.05) is 37.3 Å². The van der Waals surface area contributed by atoms with Crippen molar-refractivity contribution in [3.05, 3.63) is 65.7 Å². The van der Waals surface area contributed by atoms with Crippen LogP contribution < -0.4 is 4.74 Å². The van der Waals surface area contributed by atoms with Gasteiger partial charge in [0.1, 0.15) is 16.7 Å². The van der Waals surface area contributed by atoms with Crippen LogP contribution in [0.5, 0.6) is 5.75 Å². The Balaban J connectivity index is 1.72. The Labute approximate surface area is 208 Å². The van der Waals surface area contributed by atoms with Crippen molar-refractivity contribution in [3.63, 3.8) is 0 Å². The number of rotatable bonds is 6. The maximum absolute atomic E-state index is 13.6. The van der Waals surface area contributed by atoms with Gasteiger partial charge in [0.25, 0.3) is 5.91 Å². The van der Waals surface area contributed by atoms with E-state index in [1.54, 1.807) is 37.1 Å². The maximum atomic E-state index is 13.6. The number of nitrogens with zero attached hydrogens (tertiary/aromatic N) is 2. The van der Waals surface area contributed by atoms with Crippen LogP contribution in [0.25, 0.3) is 5.57 Å². The Bertz CT molecular complexity index is 1200. The molecule has 1 N–H and O–H groups in total. The molecule has 0 saturated carbocycles. The van der Waals surface area contributed by atoms with Gasteiger partial charge < -0.3 is 14.7 Å². The third-order valence-corrected chi connectivity index (χ3v) is 8.92. The predicted octanol–water partition coefficient (Wildman–Crippen LogP) is 3.79. The van der Waals surface area contributed by atoms with Gasteiger partial charge in [0, 0.05) is 31.1 Å². The van der Waals surface area contributed by atoms with E-state index in [1.165, 1.54) is 9.88 Å². The molecule has 1 amide bonds. The zero-order valence-corrected chi connectivity index (χ0v) is 21.4. The number of fused-ring (bicyclic) bond motifs is 1. The summed E-state index contributed by atoms with van der Waals surface area (Å²) in [5.41, 5.74) is 2.73. The summed E-state index contributed by atoms with van der Waals surface area (Å²) in [6.45, 7) is 3.80. The molecule has 2 aliphatic rings. The van der Waals surface area contributed by atoms with Crippen molar-refractivity contribution in [3.8, 4) is 5.75 Å². The summed E-state index contributed by atoms with van der Waals surface area (Å²) < 4.78 is 35.0. The highest BCUT2D eigenvalue weighted by Gasteiger charge is 2.38. The highest BCUT2D eigenvalue weighted by molar-refractivity contribution is 7.89. The molecule has 3 atom stereocenters. The van der Waals surface area contributed by atoms with Gasteiger partial charge in [-0.2, -0.15) is 4.31 Å². The fraction of sp³-hybridized carbons (Fsp3) is 0.444. The van der Waals surface area contributed by atoms with Gasteiger partial charge in [0.05, 0.1) is 13.2 Å². The molecular formula is C27H34N2O5S. The Kier molecular flexibility index (Phi) is 7.64. The lowest BCUT2D eigenvalue weighted by molar-refractivity contribution is 0.0563. The zero-order valence-electron chi connectivity index (χ0n) is 20.6. The predicted molar refractivity (Wildman–Crippen MR) is 136 cm³/mol. The van der Waals surface area contributed by atoms with Crippen molar-refractivity contribution < 1.29 is 23.1 Å². The van der Waals surface area contributed by atoms with E-state index in [2.05, 4.69) is 6.08 Å². The summed E-state index contributed by atoms with van der Waals surface area (Å²) in [7, 11) is -2.16. The summed E-state index contributed by atoms with van der Waals surface area (Å²) in [6.07, 6.45) is 4.79. The van der Waals surface area contributed by atoms with Crippen molar-refractivity contribution >= 4 is 21.5 Å². The SMILES string of the molecule is C[C@@H]1CN([C@@H](C)CO)S(=O)(=O)c2ccc(C3=CCCC3)cc2O[C@H]1CN(C)C(=O)c1ccccc1. The molecule has 35 heavy (non-hydrogen) atoms. The Morgan fingerprint density at radius 3 is 2.63 bits per heavy atom. The minimum atomic E-state index is -3.89. The number of hydrogen-bond donors (Lipinski definition) is 1. The number of carbonyl (C=O) groups is 1. The first-order valence-corrected chi connectivity index (χ1v) is 13.6. The molecule has 1 aliphatic heterocycles. The van der Waals surface area contributed by atoms with Gasteiger partial charge in [-0.15, -0.1) is 0 Å². The summed E-state index contributed by atoms with van der Waals surface area (Å²) in [6, 6.07) is 13.7. The van der Waals surface area contributed by atoms with E-state index in [0.717, 1.165) is 24.8 Å². The first-order chi connectivity index (χ1) is 16.7. The van der Waals surface area contributed by atoms with Crippen LogP contribution in [-0.4, -0.2) is 67.5 Å². The second-order valence-electron chi connectivity index (χ2n) is 9.57. The number of hydrogen-bond acceptors (Lipinski definition) is 5. The molecule has 0 saturated heterocycles. The molecule has 1 heterocycles. The van der Waals surface area contributed by atoms with Gasteiger partial charge in [-0.25, -0.2) is 8.42 Å². The number of carbonyl (C=O) groups excluding carboxylic acids is 1. The van der Waals surface area contributed by atoms with Crippen molar-refractivity contribution in [2.45, 2.75) is 50.2 Å². The molecule has 2 aromatic carbocycles. The maximum Gasteiger partial charge on any atom is 0.253 e. The molecule has 8 heteroatoms. The van der Waals surface area contributed by atoms with Gasteiger partial charge in [-0.3, -0.25) is 4.79 Å². The molecule has 0 spiro atoms. The van der Waals surface area contributed by atoms with Crippen LogP contribution in [-0.2, 0) is 10.0 Å². The molecule has 1 aliphatic carbocycles. The van der Waals surface area contributed by atoms with E-state index < -0.39 is 22.2 Å². The van der Waals surface area contributed by atoms with Crippen molar-refractivity contribution in [1.82, 2.24) is 9.21 Å². The number of amides is 1. The highest BCUT2D eigenvalue weighted by atomic mass is 32.2. The van der Waals surface area contributed by atoms with Crippen LogP contribution in [0.4, 0.5) is 0 Å². The third kappa shape index (κ3) is 5.29. The molecule has 0 radical (unpaired) electrons. The van der Waals surface area contributed by atoms with Crippen LogP contribution >= 0.6 is 0 Å². The highest BCUT2D eigenvalue weighted by Crippen LogP contribution is 2.37. The quantitative estimate of drug-likeness (QED) is 0.655. The standard InChI is InChI=1S/C27H34N2O5S/c1-19-16-29(20(2)18-30)35(32,33)26-14-13-23(21-9-7-8-10-21)15-24(26)34-25(19)17-28(3)27(31)22-11-5-4-6-12-22/h4-6,9,11-15,19-20,25,30H,7-8,10,16-18H2,1-3H3/t19-,20+,25+/m1/s1. The number of benzene rings is 2. The molecule has 7 nitrogen and oxygen atoms in total. The number of aliphatic hydroxyl groups is 1. The monoisotopic (exact) mass is 498 g/mol. The molecule has 188 valence electrons. The Hall–Kier alpha value is -2.68. The second kappa shape index (κ2) is 10.5. The van der Waals surface area contributed by atoms with E-state index in [4.69, 9.17) is 4.74 Å². The number of ether oxygens (including phenoxy) is 1. The summed E-state index contributed by atoms with van der Waals surface area (Å²) in [5, 5.41) is 9.82. The molecule has 2 aromatic rings. The number of sulfonamides is 1. The van der Waals surface area contributed by atoms with Crippen LogP contribution in [0.3, 0.4) is 0 Å². The summed E-state index contributed by atoms with van der Waals surface area (Å²) >= 11 is 0. The van der Waals surface area contributed by atoms with Crippen molar-refractivity contribution in [1.29, 1.82) is 0 Å². The molecule has 0 bridgehead atoms. The number of aliphatic hydroxyl groups excluding tert-OH is 1. The lowest BCUT2D eigenvalue weighted by Crippen LogP contribution is -2.50. The van der Waals surface area contributed by atoms with Crippen molar-refractivity contribution in [2.24, 2.45) is 5.92 Å². The van der Waals surface area contributed by atoms with E-state index in [0.29, 0.717) is 17.9 Å². The first kappa shape index (κ1) is 25.4. The van der Waals surface area contributed by atoms with E-state index in [9.17, 15) is 18.3 Å². The fourth-order valence-corrected chi connectivity index (χ4v) is 6.56. The Morgan fingerprint density at radius 2 is 1.97 bits per heavy atom. The van der Waals surface area contributed by atoms with Crippen LogP contribution in [0.15, 0.2) is 59.5 Å². The third-order valence-electron chi connectivity index (χ3n) is 6.90. The average molecular weight is 499 g/mol. The number of allylic oxidation sites excluding steroid dienone is 2. The molecule has 0 fully saturated rings. The van der Waals surface area contributed by atoms with E-state index >= 15 is 0 Å². The first-order valence-electron chi connectivity index (χ1n) is 12.2. The summed E-state index contributed by atoms with van der Waals surface area (Å²) in [5.74, 6) is -0.0587. The minimum absolute atomic E-state index is 0.0917. The summed E-state index contributed by atoms with van der Waals surface area (Å²) in [4.78, 5) is 14.7.